The van der Waals surface area contributed by atoms with Crippen molar-refractivity contribution in [2.24, 2.45) is 5.92 Å². The van der Waals surface area contributed by atoms with E-state index in [0.29, 0.717) is 98.0 Å². The topological polar surface area (TPSA) is 169 Å². The zero-order valence-corrected chi connectivity index (χ0v) is 31.0. The maximum atomic E-state index is 13.7. The van der Waals surface area contributed by atoms with Crippen molar-refractivity contribution in [1.29, 1.82) is 0 Å². The second kappa shape index (κ2) is 17.3. The van der Waals surface area contributed by atoms with Gasteiger partial charge < -0.3 is 25.8 Å². The lowest BCUT2D eigenvalue weighted by Gasteiger charge is -2.32. The second-order valence-electron chi connectivity index (χ2n) is 14.6. The van der Waals surface area contributed by atoms with Gasteiger partial charge in [0.25, 0.3) is 23.6 Å². The van der Waals surface area contributed by atoms with Gasteiger partial charge in [-0.2, -0.15) is 0 Å². The molecule has 0 saturated heterocycles. The molecule has 8 bridgehead atoms. The Bertz CT molecular complexity index is 1820. The van der Waals surface area contributed by atoms with Gasteiger partial charge in [-0.15, -0.1) is 0 Å². The van der Waals surface area contributed by atoms with Crippen molar-refractivity contribution >= 4 is 52.1 Å². The molecule has 2 aromatic carbocycles. The first-order valence-electron chi connectivity index (χ1n) is 18.9. The largest absolute Gasteiger partial charge is 0.356 e. The molecule has 0 aromatic heterocycles. The number of carbonyl (C=O) groups excluding carboxylic acids is 7. The van der Waals surface area contributed by atoms with Crippen molar-refractivity contribution in [3.63, 3.8) is 0 Å². The SMILES string of the molecule is CN1CCCNC(=O)CC[C@@H](NC(=O)CC2C=CC=C2)C(=O)NCCCN(C)CCCN2C(=O)c3ccc4c5c(ccc(c35)C2=O)C(=O)N(CCC1)C4=O. The number of nitrogens with zero attached hydrogens (tertiary/aromatic N) is 4. The Morgan fingerprint density at radius 2 is 1.09 bits per heavy atom. The minimum absolute atomic E-state index is 0.0280. The predicted octanol–water partition coefficient (Wildman–Crippen LogP) is 2.10. The summed E-state index contributed by atoms with van der Waals surface area (Å²) in [6.07, 6.45) is 10.4. The number of hydrogen-bond donors (Lipinski definition) is 3. The zero-order valence-electron chi connectivity index (χ0n) is 31.0. The Morgan fingerprint density at radius 3 is 1.57 bits per heavy atom. The molecule has 0 radical (unpaired) electrons. The van der Waals surface area contributed by atoms with Crippen molar-refractivity contribution in [3.05, 3.63) is 70.8 Å². The first-order valence-corrected chi connectivity index (χ1v) is 18.9. The Kier molecular flexibility index (Phi) is 12.3. The lowest BCUT2D eigenvalue weighted by atomic mass is 9.86. The molecule has 0 unspecified atom stereocenters. The van der Waals surface area contributed by atoms with Crippen LogP contribution < -0.4 is 16.0 Å². The Balaban J connectivity index is 1.14. The van der Waals surface area contributed by atoms with Crippen LogP contribution in [0.1, 0.15) is 86.4 Å². The monoisotopic (exact) mass is 739 g/mol. The maximum absolute atomic E-state index is 13.7. The summed E-state index contributed by atoms with van der Waals surface area (Å²) in [4.78, 5) is 100. The number of benzene rings is 2. The Morgan fingerprint density at radius 1 is 0.648 bits per heavy atom. The summed E-state index contributed by atoms with van der Waals surface area (Å²) in [5.41, 5.74) is 1.20. The van der Waals surface area contributed by atoms with Crippen LogP contribution in [0, 0.1) is 5.92 Å². The van der Waals surface area contributed by atoms with Gasteiger partial charge in [-0.3, -0.25) is 43.4 Å². The van der Waals surface area contributed by atoms with E-state index in [4.69, 9.17) is 0 Å². The summed E-state index contributed by atoms with van der Waals surface area (Å²) in [6, 6.07) is 5.49. The van der Waals surface area contributed by atoms with Gasteiger partial charge in [0.05, 0.1) is 0 Å². The van der Waals surface area contributed by atoms with E-state index in [9.17, 15) is 33.6 Å². The number of carbonyl (C=O) groups is 7. The highest BCUT2D eigenvalue weighted by atomic mass is 16.2. The number of imide groups is 2. The van der Waals surface area contributed by atoms with Crippen molar-refractivity contribution in [2.75, 3.05) is 66.5 Å². The molecule has 0 fully saturated rings. The molecular weight excluding hydrogens is 690 g/mol. The van der Waals surface area contributed by atoms with Crippen LogP contribution in [0.2, 0.25) is 0 Å². The van der Waals surface area contributed by atoms with Crippen molar-refractivity contribution in [2.45, 2.75) is 51.0 Å². The van der Waals surface area contributed by atoms with Gasteiger partial charge in [-0.1, -0.05) is 24.3 Å². The molecule has 14 nitrogen and oxygen atoms in total. The Hall–Kier alpha value is -5.21. The molecule has 6 heterocycles. The number of rotatable bonds is 3. The van der Waals surface area contributed by atoms with Gasteiger partial charge in [0, 0.05) is 78.0 Å². The van der Waals surface area contributed by atoms with Crippen molar-refractivity contribution < 1.29 is 33.6 Å². The molecule has 14 heteroatoms. The summed E-state index contributed by atoms with van der Waals surface area (Å²) in [7, 11) is 3.85. The van der Waals surface area contributed by atoms with Crippen LogP contribution in [0.25, 0.3) is 10.8 Å². The molecule has 7 amide bonds. The molecule has 7 aliphatic rings. The molecule has 3 N–H and O–H groups in total. The molecule has 0 saturated carbocycles. The van der Waals surface area contributed by atoms with Gasteiger partial charge in [-0.25, -0.2) is 0 Å². The van der Waals surface area contributed by atoms with E-state index in [1.807, 2.05) is 43.3 Å². The molecule has 1 aliphatic carbocycles. The number of allylic oxidation sites excluding steroid dienone is 4. The predicted molar refractivity (Wildman–Crippen MR) is 202 cm³/mol. The van der Waals surface area contributed by atoms with Crippen molar-refractivity contribution in [3.8, 4) is 0 Å². The minimum atomic E-state index is -0.861. The summed E-state index contributed by atoms with van der Waals surface area (Å²) in [6.45, 7) is 3.64. The van der Waals surface area contributed by atoms with E-state index in [0.717, 1.165) is 0 Å². The number of fused-ring (bicyclic) bond motifs is 2. The van der Waals surface area contributed by atoms with Crippen LogP contribution >= 0.6 is 0 Å². The molecule has 6 aliphatic heterocycles. The third-order valence-electron chi connectivity index (χ3n) is 10.5. The highest BCUT2D eigenvalue weighted by Crippen LogP contribution is 2.38. The highest BCUT2D eigenvalue weighted by molar-refractivity contribution is 6.33. The van der Waals surface area contributed by atoms with E-state index in [-0.39, 0.29) is 56.0 Å². The van der Waals surface area contributed by atoms with Crippen LogP contribution in [0.15, 0.2) is 48.6 Å². The van der Waals surface area contributed by atoms with Gasteiger partial charge in [0.2, 0.25) is 17.7 Å². The zero-order chi connectivity index (χ0) is 38.4. The lowest BCUT2D eigenvalue weighted by molar-refractivity contribution is -0.130. The standard InChI is InChI=1S/C40H49N7O7/c1-44-19-5-17-41-32(48)16-15-31(43-33(49)25-26-9-3-4-10-26)36(50)42-18-6-20-45(2)22-8-24-47-39(53)29-13-11-27-34-28(12-14-30(35(29)34)40(47)54)38(52)46(37(27)51)23-7-21-44/h3-4,9-14,26,31H,5-8,15-25H2,1-2H3,(H,41,48)(H,42,50)(H,43,49)/t31-/m1/s1. The number of amides is 7. The van der Waals surface area contributed by atoms with Crippen LogP contribution in [0.5, 0.6) is 0 Å². The summed E-state index contributed by atoms with van der Waals surface area (Å²) in [5.74, 6) is -2.64. The van der Waals surface area contributed by atoms with E-state index < -0.39 is 29.7 Å². The average Bonchev–Trinajstić information content (AvgIpc) is 3.66. The molecule has 1 atom stereocenters. The van der Waals surface area contributed by atoms with Gasteiger partial charge in [0.15, 0.2) is 0 Å². The number of nitrogens with one attached hydrogen (secondary N) is 3. The second-order valence-corrected chi connectivity index (χ2v) is 14.6. The van der Waals surface area contributed by atoms with Gasteiger partial charge >= 0.3 is 0 Å². The molecule has 54 heavy (non-hydrogen) atoms. The molecule has 286 valence electrons. The summed E-state index contributed by atoms with van der Waals surface area (Å²) in [5, 5.41) is 9.37. The fraction of sp³-hybridized carbons (Fsp3) is 0.475. The maximum Gasteiger partial charge on any atom is 0.261 e. The molecule has 9 rings (SSSR count). The quantitative estimate of drug-likeness (QED) is 0.400. The Labute approximate surface area is 314 Å². The first kappa shape index (κ1) is 38.5. The smallest absolute Gasteiger partial charge is 0.261 e. The highest BCUT2D eigenvalue weighted by Gasteiger charge is 2.39. The van der Waals surface area contributed by atoms with Crippen LogP contribution in [0.3, 0.4) is 0 Å². The van der Waals surface area contributed by atoms with Gasteiger partial charge in [-0.05, 0) is 96.6 Å². The number of hydrogen-bond acceptors (Lipinski definition) is 9. The van der Waals surface area contributed by atoms with Crippen LogP contribution in [-0.4, -0.2) is 133 Å². The summed E-state index contributed by atoms with van der Waals surface area (Å²) < 4.78 is 0. The fourth-order valence-corrected chi connectivity index (χ4v) is 7.58. The van der Waals surface area contributed by atoms with Crippen molar-refractivity contribution in [1.82, 2.24) is 35.6 Å². The van der Waals surface area contributed by atoms with E-state index in [1.54, 1.807) is 24.3 Å². The minimum Gasteiger partial charge on any atom is -0.356 e. The van der Waals surface area contributed by atoms with Gasteiger partial charge in [0.1, 0.15) is 6.04 Å². The van der Waals surface area contributed by atoms with Crippen LogP contribution in [0.4, 0.5) is 0 Å². The first-order chi connectivity index (χ1) is 26.0. The van der Waals surface area contributed by atoms with E-state index in [1.165, 1.54) is 9.80 Å². The normalized spacial score (nSPS) is 22.0. The van der Waals surface area contributed by atoms with E-state index in [2.05, 4.69) is 20.9 Å². The third-order valence-corrected chi connectivity index (χ3v) is 10.5. The van der Waals surface area contributed by atoms with Crippen LogP contribution in [-0.2, 0) is 14.4 Å². The van der Waals surface area contributed by atoms with E-state index >= 15 is 0 Å². The molecule has 2 aromatic rings. The molecular formula is C40H49N7O7. The fourth-order valence-electron chi connectivity index (χ4n) is 7.58. The summed E-state index contributed by atoms with van der Waals surface area (Å²) >= 11 is 0. The average molecular weight is 740 g/mol. The lowest BCUT2D eigenvalue weighted by Crippen LogP contribution is -2.48. The molecule has 0 spiro atoms. The third kappa shape index (κ3) is 8.60.